The monoisotopic (exact) mass is 429 g/mol. The molecule has 0 saturated heterocycles. The Kier molecular flexibility index (Phi) is 7.67. The second-order valence-electron chi connectivity index (χ2n) is 7.11. The highest BCUT2D eigenvalue weighted by Gasteiger charge is 2.17. The first kappa shape index (κ1) is 22.4. The Morgan fingerprint density at radius 2 is 1.68 bits per heavy atom. The molecule has 0 radical (unpaired) electrons. The van der Waals surface area contributed by atoms with Crippen molar-refractivity contribution >= 4 is 5.91 Å². The Morgan fingerprint density at radius 3 is 2.42 bits per heavy atom. The quantitative estimate of drug-likeness (QED) is 0.534. The number of hydrogen-bond donors (Lipinski definition) is 2. The minimum atomic E-state index is -0.565. The van der Waals surface area contributed by atoms with E-state index in [0.29, 0.717) is 11.3 Å². The van der Waals surface area contributed by atoms with E-state index in [2.05, 4.69) is 5.32 Å². The highest BCUT2D eigenvalue weighted by atomic mass is 19.1. The van der Waals surface area contributed by atoms with Crippen LogP contribution in [0.15, 0.2) is 66.7 Å². The molecular weight excluding hydrogens is 407 g/mol. The summed E-state index contributed by atoms with van der Waals surface area (Å²) in [4.78, 5) is 12.7. The molecule has 1 unspecified atom stereocenters. The van der Waals surface area contributed by atoms with Crippen molar-refractivity contribution in [3.63, 3.8) is 0 Å². The Hall–Kier alpha value is -3.32. The Labute approximate surface area is 178 Å². The number of aliphatic hydroxyl groups is 1. The van der Waals surface area contributed by atoms with Crippen LogP contribution in [0.25, 0.3) is 0 Å². The van der Waals surface area contributed by atoms with Crippen LogP contribution in [0, 0.1) is 23.4 Å². The molecule has 0 aromatic heterocycles. The van der Waals surface area contributed by atoms with Crippen LogP contribution in [0.3, 0.4) is 0 Å². The lowest BCUT2D eigenvalue weighted by atomic mass is 9.99. The van der Waals surface area contributed by atoms with Gasteiger partial charge in [-0.1, -0.05) is 24.3 Å². The van der Waals surface area contributed by atoms with Gasteiger partial charge in [0.15, 0.2) is 0 Å². The Balaban J connectivity index is 1.61. The number of aliphatic hydroxyl groups excluding tert-OH is 1. The fraction of sp³-hybridized carbons (Fsp3) is 0.208. The van der Waals surface area contributed by atoms with Gasteiger partial charge in [-0.3, -0.25) is 4.79 Å². The maximum atomic E-state index is 13.9. The predicted octanol–water partition coefficient (Wildman–Crippen LogP) is 4.26. The summed E-state index contributed by atoms with van der Waals surface area (Å²) in [5, 5.41) is 12.3. The summed E-state index contributed by atoms with van der Waals surface area (Å²) < 4.78 is 46.0. The normalized spacial score (nSPS) is 11.7. The third-order valence-corrected chi connectivity index (χ3v) is 4.77. The molecule has 0 aliphatic heterocycles. The standard InChI is InChI=1S/C24H22F3NO3/c25-19-7-5-16(6-8-19)15-31-23-4-2-1-3-21(23)24(30)28-13-17(14-29)11-18-12-20(26)9-10-22(18)27/h1-10,12,17,29H,11,13-15H2,(H,28,30). The molecule has 2 N–H and O–H groups in total. The molecule has 0 aliphatic rings. The van der Waals surface area contributed by atoms with Crippen molar-refractivity contribution in [2.75, 3.05) is 13.2 Å². The van der Waals surface area contributed by atoms with Gasteiger partial charge >= 0.3 is 0 Å². The molecule has 4 nitrogen and oxygen atoms in total. The van der Waals surface area contributed by atoms with Crippen LogP contribution in [-0.4, -0.2) is 24.2 Å². The second-order valence-corrected chi connectivity index (χ2v) is 7.11. The number of benzene rings is 3. The summed E-state index contributed by atoms with van der Waals surface area (Å²) in [6, 6.07) is 15.6. The number of halogens is 3. The molecular formula is C24H22F3NO3. The molecule has 1 atom stereocenters. The van der Waals surface area contributed by atoms with Crippen LogP contribution >= 0.6 is 0 Å². The van der Waals surface area contributed by atoms with Crippen molar-refractivity contribution in [2.24, 2.45) is 5.92 Å². The molecule has 1 amide bonds. The zero-order valence-electron chi connectivity index (χ0n) is 16.7. The lowest BCUT2D eigenvalue weighted by molar-refractivity contribution is 0.0935. The van der Waals surface area contributed by atoms with Crippen LogP contribution < -0.4 is 10.1 Å². The number of ether oxygens (including phenoxy) is 1. The van der Waals surface area contributed by atoms with Crippen LogP contribution in [0.4, 0.5) is 13.2 Å². The maximum absolute atomic E-state index is 13.9. The van der Waals surface area contributed by atoms with E-state index in [0.717, 1.165) is 23.8 Å². The molecule has 7 heteroatoms. The lowest BCUT2D eigenvalue weighted by Gasteiger charge is -2.17. The summed E-state index contributed by atoms with van der Waals surface area (Å²) in [6.07, 6.45) is 0.0725. The topological polar surface area (TPSA) is 58.6 Å². The van der Waals surface area contributed by atoms with E-state index in [-0.39, 0.29) is 37.6 Å². The molecule has 3 aromatic carbocycles. The molecule has 3 aromatic rings. The van der Waals surface area contributed by atoms with E-state index >= 15 is 0 Å². The molecule has 0 saturated carbocycles. The van der Waals surface area contributed by atoms with Crippen LogP contribution in [0.1, 0.15) is 21.5 Å². The van der Waals surface area contributed by atoms with Crippen molar-refractivity contribution in [3.05, 3.63) is 101 Å². The van der Waals surface area contributed by atoms with Gasteiger partial charge in [-0.25, -0.2) is 13.2 Å². The van der Waals surface area contributed by atoms with E-state index in [4.69, 9.17) is 4.74 Å². The van der Waals surface area contributed by atoms with E-state index in [9.17, 15) is 23.1 Å². The molecule has 0 bridgehead atoms. The van der Waals surface area contributed by atoms with Crippen molar-refractivity contribution in [1.82, 2.24) is 5.32 Å². The molecule has 0 fully saturated rings. The smallest absolute Gasteiger partial charge is 0.255 e. The van der Waals surface area contributed by atoms with Crippen molar-refractivity contribution in [1.29, 1.82) is 0 Å². The van der Waals surface area contributed by atoms with Crippen molar-refractivity contribution in [2.45, 2.75) is 13.0 Å². The van der Waals surface area contributed by atoms with Crippen molar-refractivity contribution in [3.8, 4) is 5.75 Å². The summed E-state index contributed by atoms with van der Waals surface area (Å²) in [6.45, 7) is -0.0841. The van der Waals surface area contributed by atoms with E-state index < -0.39 is 23.5 Å². The summed E-state index contributed by atoms with van der Waals surface area (Å²) >= 11 is 0. The van der Waals surface area contributed by atoms with Gasteiger partial charge in [0.1, 0.15) is 29.8 Å². The van der Waals surface area contributed by atoms with Gasteiger partial charge in [0.05, 0.1) is 5.56 Å². The van der Waals surface area contributed by atoms with Crippen molar-refractivity contribution < 1.29 is 27.8 Å². The number of rotatable bonds is 9. The molecule has 3 rings (SSSR count). The number of carbonyl (C=O) groups excluding carboxylic acids is 1. The fourth-order valence-corrected chi connectivity index (χ4v) is 3.07. The zero-order valence-corrected chi connectivity index (χ0v) is 16.7. The molecule has 0 spiro atoms. The third kappa shape index (κ3) is 6.33. The van der Waals surface area contributed by atoms with Gasteiger partial charge in [0, 0.05) is 19.1 Å². The third-order valence-electron chi connectivity index (χ3n) is 4.77. The first-order valence-corrected chi connectivity index (χ1v) is 9.75. The lowest BCUT2D eigenvalue weighted by Crippen LogP contribution is -2.32. The molecule has 31 heavy (non-hydrogen) atoms. The van der Waals surface area contributed by atoms with E-state index in [1.807, 2.05) is 0 Å². The fourth-order valence-electron chi connectivity index (χ4n) is 3.07. The number of amides is 1. The highest BCUT2D eigenvalue weighted by molar-refractivity contribution is 5.96. The van der Waals surface area contributed by atoms with E-state index in [1.165, 1.54) is 12.1 Å². The van der Waals surface area contributed by atoms with Crippen LogP contribution in [-0.2, 0) is 13.0 Å². The molecule has 0 heterocycles. The van der Waals surface area contributed by atoms with Gasteiger partial charge in [-0.05, 0) is 60.0 Å². The summed E-state index contributed by atoms with van der Waals surface area (Å²) in [7, 11) is 0. The van der Waals surface area contributed by atoms with Crippen LogP contribution in [0.2, 0.25) is 0 Å². The largest absolute Gasteiger partial charge is 0.488 e. The average molecular weight is 429 g/mol. The molecule has 162 valence electrons. The number of hydrogen-bond acceptors (Lipinski definition) is 3. The zero-order chi connectivity index (χ0) is 22.2. The maximum Gasteiger partial charge on any atom is 0.255 e. The average Bonchev–Trinajstić information content (AvgIpc) is 2.78. The SMILES string of the molecule is O=C(NCC(CO)Cc1cc(F)ccc1F)c1ccccc1OCc1ccc(F)cc1. The van der Waals surface area contributed by atoms with Gasteiger partial charge in [0.2, 0.25) is 0 Å². The van der Waals surface area contributed by atoms with Gasteiger partial charge in [-0.15, -0.1) is 0 Å². The predicted molar refractivity (Wildman–Crippen MR) is 110 cm³/mol. The number of carbonyl (C=O) groups is 1. The Bertz CT molecular complexity index is 1020. The minimum Gasteiger partial charge on any atom is -0.488 e. The first-order valence-electron chi connectivity index (χ1n) is 9.75. The minimum absolute atomic E-state index is 0.0670. The Morgan fingerprint density at radius 1 is 0.968 bits per heavy atom. The van der Waals surface area contributed by atoms with Gasteiger partial charge < -0.3 is 15.2 Å². The molecule has 0 aliphatic carbocycles. The summed E-state index contributed by atoms with van der Waals surface area (Å²) in [5.41, 5.74) is 1.17. The van der Waals surface area contributed by atoms with Gasteiger partial charge in [-0.2, -0.15) is 0 Å². The first-order chi connectivity index (χ1) is 15.0. The van der Waals surface area contributed by atoms with Crippen LogP contribution in [0.5, 0.6) is 5.75 Å². The summed E-state index contributed by atoms with van der Waals surface area (Å²) in [5.74, 6) is -2.04. The van der Waals surface area contributed by atoms with E-state index in [1.54, 1.807) is 36.4 Å². The number of para-hydroxylation sites is 1. The number of nitrogens with one attached hydrogen (secondary N) is 1. The second kappa shape index (κ2) is 10.6. The van der Waals surface area contributed by atoms with Gasteiger partial charge in [0.25, 0.3) is 5.91 Å². The highest BCUT2D eigenvalue weighted by Crippen LogP contribution is 2.20.